The molecule has 0 aliphatic heterocycles. The molecule has 0 rings (SSSR count). The number of hydrogen-bond acceptors (Lipinski definition) is 2. The summed E-state index contributed by atoms with van der Waals surface area (Å²) in [6.07, 6.45) is -6.24. The van der Waals surface area contributed by atoms with Crippen molar-refractivity contribution in [3.63, 3.8) is 0 Å². The summed E-state index contributed by atoms with van der Waals surface area (Å²) in [6.45, 7) is -1.58. The van der Waals surface area contributed by atoms with E-state index in [0.29, 0.717) is 0 Å². The molecule has 0 aromatic carbocycles. The van der Waals surface area contributed by atoms with Crippen molar-refractivity contribution in [2.75, 3.05) is 13.3 Å². The number of alkyl halides is 4. The van der Waals surface area contributed by atoms with Gasteiger partial charge in [-0.3, -0.25) is 4.79 Å². The first kappa shape index (κ1) is 10.2. The first-order valence-electron chi connectivity index (χ1n) is 2.74. The number of esters is 1. The molecule has 0 radical (unpaired) electrons. The Morgan fingerprint density at radius 1 is 1.36 bits per heavy atom. The fourth-order valence-electron chi connectivity index (χ4n) is 0.367. The summed E-state index contributed by atoms with van der Waals surface area (Å²) < 4.78 is 49.1. The first-order chi connectivity index (χ1) is 4.95. The molecule has 0 fully saturated rings. The van der Waals surface area contributed by atoms with E-state index in [1.54, 1.807) is 0 Å². The zero-order valence-corrected chi connectivity index (χ0v) is 5.45. The van der Waals surface area contributed by atoms with Crippen molar-refractivity contribution >= 4 is 5.97 Å². The topological polar surface area (TPSA) is 26.3 Å². The van der Waals surface area contributed by atoms with Gasteiger partial charge in [0.05, 0.1) is 0 Å². The van der Waals surface area contributed by atoms with E-state index in [2.05, 4.69) is 4.74 Å². The fraction of sp³-hybridized carbons (Fsp3) is 0.800. The maximum Gasteiger partial charge on any atom is 0.399 e. The summed E-state index contributed by atoms with van der Waals surface area (Å²) in [6, 6.07) is 0. The van der Waals surface area contributed by atoms with Gasteiger partial charge in [0.25, 0.3) is 0 Å². The van der Waals surface area contributed by atoms with E-state index in [0.717, 1.165) is 0 Å². The van der Waals surface area contributed by atoms with E-state index in [4.69, 9.17) is 0 Å². The Morgan fingerprint density at radius 2 is 1.91 bits per heavy atom. The number of ether oxygens (including phenoxy) is 1. The van der Waals surface area contributed by atoms with Crippen LogP contribution in [-0.2, 0) is 9.53 Å². The Bertz CT molecular complexity index is 131. The highest BCUT2D eigenvalue weighted by Gasteiger charge is 2.31. The van der Waals surface area contributed by atoms with Gasteiger partial charge in [0.1, 0.15) is 19.7 Å². The Hall–Kier alpha value is -0.810. The molecule has 0 aliphatic rings. The second-order valence-electron chi connectivity index (χ2n) is 1.70. The van der Waals surface area contributed by atoms with Crippen molar-refractivity contribution in [3.8, 4) is 0 Å². The minimum Gasteiger partial charge on any atom is -0.463 e. The van der Waals surface area contributed by atoms with Gasteiger partial charge in [-0.2, -0.15) is 13.2 Å². The molecule has 0 aliphatic carbocycles. The minimum atomic E-state index is -4.58. The molecule has 0 amide bonds. The van der Waals surface area contributed by atoms with E-state index in [9.17, 15) is 22.4 Å². The van der Waals surface area contributed by atoms with Crippen LogP contribution in [0.2, 0.25) is 0 Å². The summed E-state index contributed by atoms with van der Waals surface area (Å²) in [4.78, 5) is 10.1. The van der Waals surface area contributed by atoms with Crippen molar-refractivity contribution in [2.24, 2.45) is 0 Å². The monoisotopic (exact) mass is 174 g/mol. The van der Waals surface area contributed by atoms with Crippen LogP contribution < -0.4 is 0 Å². The molecule has 0 saturated heterocycles. The van der Waals surface area contributed by atoms with Crippen LogP contribution >= 0.6 is 0 Å². The molecule has 66 valence electrons. The SMILES string of the molecule is O=C(CC(F)(F)F)OCCF. The van der Waals surface area contributed by atoms with Crippen molar-refractivity contribution in [1.82, 2.24) is 0 Å². The lowest BCUT2D eigenvalue weighted by atomic mass is 10.4. The molecule has 0 aromatic rings. The third kappa shape index (κ3) is 7.08. The van der Waals surface area contributed by atoms with E-state index < -0.39 is 31.8 Å². The maximum atomic E-state index is 11.3. The average Bonchev–Trinajstić information content (AvgIpc) is 1.79. The fourth-order valence-corrected chi connectivity index (χ4v) is 0.367. The average molecular weight is 174 g/mol. The molecule has 0 spiro atoms. The number of carbonyl (C=O) groups excluding carboxylic acids is 1. The van der Waals surface area contributed by atoms with Crippen LogP contribution in [0, 0.1) is 0 Å². The molecule has 0 unspecified atom stereocenters. The third-order valence-corrected chi connectivity index (χ3v) is 0.685. The van der Waals surface area contributed by atoms with E-state index >= 15 is 0 Å². The lowest BCUT2D eigenvalue weighted by Gasteiger charge is -2.04. The molecule has 0 atom stereocenters. The molecule has 0 bridgehead atoms. The highest BCUT2D eigenvalue weighted by atomic mass is 19.4. The van der Waals surface area contributed by atoms with Gasteiger partial charge in [-0.15, -0.1) is 0 Å². The van der Waals surface area contributed by atoms with E-state index in [-0.39, 0.29) is 0 Å². The molecular formula is C5H6F4O2. The maximum absolute atomic E-state index is 11.3. The van der Waals surface area contributed by atoms with Crippen molar-refractivity contribution in [2.45, 2.75) is 12.6 Å². The lowest BCUT2D eigenvalue weighted by Crippen LogP contribution is -2.17. The summed E-state index contributed by atoms with van der Waals surface area (Å²) in [7, 11) is 0. The standard InChI is InChI=1S/C5H6F4O2/c6-1-2-11-4(10)3-5(7,8)9/h1-3H2. The van der Waals surface area contributed by atoms with Gasteiger partial charge in [0.2, 0.25) is 0 Å². The van der Waals surface area contributed by atoms with Crippen LogP contribution in [-0.4, -0.2) is 25.4 Å². The highest BCUT2D eigenvalue weighted by molar-refractivity contribution is 5.70. The quantitative estimate of drug-likeness (QED) is 0.478. The van der Waals surface area contributed by atoms with Crippen LogP contribution in [0.15, 0.2) is 0 Å². The highest BCUT2D eigenvalue weighted by Crippen LogP contribution is 2.19. The van der Waals surface area contributed by atoms with E-state index in [1.807, 2.05) is 0 Å². The van der Waals surface area contributed by atoms with Gasteiger partial charge in [0.15, 0.2) is 0 Å². The lowest BCUT2D eigenvalue weighted by molar-refractivity contribution is -0.171. The third-order valence-electron chi connectivity index (χ3n) is 0.685. The Kier molecular flexibility index (Phi) is 3.84. The number of carbonyl (C=O) groups is 1. The predicted molar refractivity (Wildman–Crippen MR) is 27.6 cm³/mol. The largest absolute Gasteiger partial charge is 0.463 e. The van der Waals surface area contributed by atoms with E-state index in [1.165, 1.54) is 0 Å². The Balaban J connectivity index is 3.53. The molecule has 11 heavy (non-hydrogen) atoms. The first-order valence-corrected chi connectivity index (χ1v) is 2.74. The number of rotatable bonds is 3. The molecule has 0 saturated carbocycles. The molecule has 2 nitrogen and oxygen atoms in total. The summed E-state index contributed by atoms with van der Waals surface area (Å²) in [5, 5.41) is 0. The van der Waals surface area contributed by atoms with Gasteiger partial charge < -0.3 is 4.74 Å². The van der Waals surface area contributed by atoms with Crippen LogP contribution in [0.3, 0.4) is 0 Å². The zero-order valence-electron chi connectivity index (χ0n) is 5.45. The van der Waals surface area contributed by atoms with Gasteiger partial charge in [-0.25, -0.2) is 4.39 Å². The van der Waals surface area contributed by atoms with Gasteiger partial charge >= 0.3 is 12.1 Å². The van der Waals surface area contributed by atoms with Crippen molar-refractivity contribution in [3.05, 3.63) is 0 Å². The van der Waals surface area contributed by atoms with Gasteiger partial charge in [-0.1, -0.05) is 0 Å². The van der Waals surface area contributed by atoms with Crippen LogP contribution in [0.1, 0.15) is 6.42 Å². The van der Waals surface area contributed by atoms with Gasteiger partial charge in [0, 0.05) is 0 Å². The molecular weight excluding hydrogens is 168 g/mol. The zero-order chi connectivity index (χ0) is 8.91. The van der Waals surface area contributed by atoms with Crippen LogP contribution in [0.5, 0.6) is 0 Å². The molecule has 0 N–H and O–H groups in total. The molecule has 0 heterocycles. The summed E-state index contributed by atoms with van der Waals surface area (Å²) in [5.41, 5.74) is 0. The smallest absolute Gasteiger partial charge is 0.399 e. The normalized spacial score (nSPS) is 11.3. The second kappa shape index (κ2) is 4.15. The van der Waals surface area contributed by atoms with Crippen LogP contribution in [0.25, 0.3) is 0 Å². The minimum absolute atomic E-state index is 0.616. The Morgan fingerprint density at radius 3 is 2.27 bits per heavy atom. The second-order valence-corrected chi connectivity index (χ2v) is 1.70. The predicted octanol–water partition coefficient (Wildman–Crippen LogP) is 1.45. The Labute approximate surface area is 60.1 Å². The van der Waals surface area contributed by atoms with Crippen molar-refractivity contribution in [1.29, 1.82) is 0 Å². The molecule has 6 heteroatoms. The summed E-state index contributed by atoms with van der Waals surface area (Å²) in [5.74, 6) is -1.45. The van der Waals surface area contributed by atoms with Gasteiger partial charge in [-0.05, 0) is 0 Å². The number of halogens is 4. The molecule has 0 aromatic heterocycles. The van der Waals surface area contributed by atoms with Crippen LogP contribution in [0.4, 0.5) is 17.6 Å². The van der Waals surface area contributed by atoms with Crippen molar-refractivity contribution < 1.29 is 27.1 Å². The number of hydrogen-bond donors (Lipinski definition) is 0. The summed E-state index contributed by atoms with van der Waals surface area (Å²) >= 11 is 0.